The van der Waals surface area contributed by atoms with E-state index in [1.54, 1.807) is 13.0 Å². The second kappa shape index (κ2) is 5.80. The normalized spacial score (nSPS) is 13.8. The summed E-state index contributed by atoms with van der Waals surface area (Å²) >= 11 is 7.17. The van der Waals surface area contributed by atoms with E-state index in [2.05, 4.69) is 4.98 Å². The van der Waals surface area contributed by atoms with Gasteiger partial charge in [0.05, 0.1) is 10.7 Å². The predicted molar refractivity (Wildman–Crippen MR) is 87.6 cm³/mol. The molecule has 0 aliphatic heterocycles. The maximum atomic E-state index is 13.2. The van der Waals surface area contributed by atoms with Crippen molar-refractivity contribution in [2.24, 2.45) is 0 Å². The number of thiazole rings is 1. The summed E-state index contributed by atoms with van der Waals surface area (Å²) in [7, 11) is 0. The van der Waals surface area contributed by atoms with Crippen molar-refractivity contribution in [3.8, 4) is 11.3 Å². The van der Waals surface area contributed by atoms with E-state index in [0.29, 0.717) is 10.7 Å². The Balaban J connectivity index is 1.98. The van der Waals surface area contributed by atoms with Gasteiger partial charge < -0.3 is 5.11 Å². The zero-order valence-corrected chi connectivity index (χ0v) is 13.3. The van der Waals surface area contributed by atoms with Crippen molar-refractivity contribution in [3.63, 3.8) is 0 Å². The van der Waals surface area contributed by atoms with Crippen LogP contribution < -0.4 is 0 Å². The topological polar surface area (TPSA) is 33.1 Å². The molecule has 1 aromatic heterocycles. The number of halogens is 2. The summed E-state index contributed by atoms with van der Waals surface area (Å²) in [6, 6.07) is 13.8. The molecule has 0 bridgehead atoms. The Labute approximate surface area is 136 Å². The summed E-state index contributed by atoms with van der Waals surface area (Å²) < 4.78 is 13.2. The largest absolute Gasteiger partial charge is 0.378 e. The standard InChI is InChI=1S/C17H13ClFNOS/c1-17(21,12-5-3-2-4-6-12)16-20-15(10-22-16)11-7-8-14(19)13(18)9-11/h2-10,21H,1H3. The second-order valence-electron chi connectivity index (χ2n) is 5.11. The van der Waals surface area contributed by atoms with Crippen LogP contribution in [0.4, 0.5) is 4.39 Å². The van der Waals surface area contributed by atoms with E-state index < -0.39 is 11.4 Å². The third-order valence-electron chi connectivity index (χ3n) is 3.47. The van der Waals surface area contributed by atoms with E-state index in [-0.39, 0.29) is 5.02 Å². The Morgan fingerprint density at radius 3 is 2.59 bits per heavy atom. The molecule has 0 spiro atoms. The molecule has 0 aliphatic rings. The van der Waals surface area contributed by atoms with Gasteiger partial charge in [0.2, 0.25) is 0 Å². The fourth-order valence-electron chi connectivity index (χ4n) is 2.17. The summed E-state index contributed by atoms with van der Waals surface area (Å²) in [4.78, 5) is 4.49. The SMILES string of the molecule is CC(O)(c1ccccc1)c1nc(-c2ccc(F)c(Cl)c2)cs1. The highest BCUT2D eigenvalue weighted by Crippen LogP contribution is 2.34. The van der Waals surface area contributed by atoms with Crippen molar-refractivity contribution in [1.29, 1.82) is 0 Å². The second-order valence-corrected chi connectivity index (χ2v) is 6.37. The van der Waals surface area contributed by atoms with Crippen LogP contribution in [0.1, 0.15) is 17.5 Å². The number of aliphatic hydroxyl groups is 1. The van der Waals surface area contributed by atoms with Gasteiger partial charge in [-0.2, -0.15) is 0 Å². The minimum atomic E-state index is -1.17. The summed E-state index contributed by atoms with van der Waals surface area (Å²) in [5.41, 5.74) is 0.984. The Kier molecular flexibility index (Phi) is 4.00. The maximum Gasteiger partial charge on any atom is 0.141 e. The number of benzene rings is 2. The molecule has 2 aromatic carbocycles. The quantitative estimate of drug-likeness (QED) is 0.742. The van der Waals surface area contributed by atoms with Crippen molar-refractivity contribution in [2.45, 2.75) is 12.5 Å². The molecule has 0 fully saturated rings. The van der Waals surface area contributed by atoms with Gasteiger partial charge >= 0.3 is 0 Å². The average Bonchev–Trinajstić information content (AvgIpc) is 3.01. The molecule has 112 valence electrons. The van der Waals surface area contributed by atoms with Gasteiger partial charge in [-0.05, 0) is 30.7 Å². The summed E-state index contributed by atoms with van der Waals surface area (Å²) in [6.07, 6.45) is 0. The van der Waals surface area contributed by atoms with Gasteiger partial charge in [0.1, 0.15) is 16.4 Å². The molecular weight excluding hydrogens is 321 g/mol. The highest BCUT2D eigenvalue weighted by molar-refractivity contribution is 7.10. The maximum absolute atomic E-state index is 13.2. The van der Waals surface area contributed by atoms with Gasteiger partial charge in [-0.1, -0.05) is 41.9 Å². The van der Waals surface area contributed by atoms with Gasteiger partial charge in [-0.3, -0.25) is 0 Å². The monoisotopic (exact) mass is 333 g/mol. The van der Waals surface area contributed by atoms with Crippen LogP contribution in [0.2, 0.25) is 5.02 Å². The van der Waals surface area contributed by atoms with Crippen LogP contribution in [0, 0.1) is 5.82 Å². The third kappa shape index (κ3) is 2.77. The average molecular weight is 334 g/mol. The molecule has 22 heavy (non-hydrogen) atoms. The molecule has 0 saturated carbocycles. The molecule has 5 heteroatoms. The molecule has 2 nitrogen and oxygen atoms in total. The lowest BCUT2D eigenvalue weighted by molar-refractivity contribution is 0.102. The first kappa shape index (κ1) is 15.2. The number of hydrogen-bond donors (Lipinski definition) is 1. The van der Waals surface area contributed by atoms with Crippen molar-refractivity contribution in [3.05, 3.63) is 75.3 Å². The number of hydrogen-bond acceptors (Lipinski definition) is 3. The molecule has 1 unspecified atom stereocenters. The van der Waals surface area contributed by atoms with Crippen LogP contribution in [0.3, 0.4) is 0 Å². The van der Waals surface area contributed by atoms with Crippen molar-refractivity contribution in [2.75, 3.05) is 0 Å². The van der Waals surface area contributed by atoms with Crippen LogP contribution in [-0.4, -0.2) is 10.1 Å². The van der Waals surface area contributed by atoms with E-state index in [1.165, 1.54) is 23.5 Å². The van der Waals surface area contributed by atoms with Crippen molar-refractivity contribution in [1.82, 2.24) is 4.98 Å². The smallest absolute Gasteiger partial charge is 0.141 e. The van der Waals surface area contributed by atoms with Gasteiger partial charge in [0.25, 0.3) is 0 Å². The molecule has 3 rings (SSSR count). The van der Waals surface area contributed by atoms with E-state index in [0.717, 1.165) is 11.1 Å². The first-order chi connectivity index (χ1) is 10.5. The van der Waals surface area contributed by atoms with E-state index in [1.807, 2.05) is 35.7 Å². The molecule has 0 saturated heterocycles. The molecule has 0 amide bonds. The predicted octanol–water partition coefficient (Wildman–Crippen LogP) is 4.86. The van der Waals surface area contributed by atoms with Crippen LogP contribution in [0.25, 0.3) is 11.3 Å². The van der Waals surface area contributed by atoms with E-state index in [4.69, 9.17) is 11.6 Å². The third-order valence-corrected chi connectivity index (χ3v) is 4.81. The van der Waals surface area contributed by atoms with Gasteiger partial charge in [0, 0.05) is 10.9 Å². The van der Waals surface area contributed by atoms with Gasteiger partial charge in [0.15, 0.2) is 0 Å². The summed E-state index contributed by atoms with van der Waals surface area (Å²) in [5, 5.41) is 13.2. The molecular formula is C17H13ClFNOS. The van der Waals surface area contributed by atoms with Crippen LogP contribution >= 0.6 is 22.9 Å². The fraction of sp³-hybridized carbons (Fsp3) is 0.118. The van der Waals surface area contributed by atoms with Crippen LogP contribution in [0.15, 0.2) is 53.9 Å². The van der Waals surface area contributed by atoms with E-state index in [9.17, 15) is 9.50 Å². The molecule has 1 N–H and O–H groups in total. The van der Waals surface area contributed by atoms with Crippen molar-refractivity contribution < 1.29 is 9.50 Å². The molecule has 0 aliphatic carbocycles. The first-order valence-electron chi connectivity index (χ1n) is 6.68. The molecule has 0 radical (unpaired) electrons. The number of rotatable bonds is 3. The Hall–Kier alpha value is -1.75. The zero-order valence-electron chi connectivity index (χ0n) is 11.8. The molecule has 1 atom stereocenters. The van der Waals surface area contributed by atoms with Gasteiger partial charge in [-0.15, -0.1) is 11.3 Å². The summed E-state index contributed by atoms with van der Waals surface area (Å²) in [6.45, 7) is 1.71. The van der Waals surface area contributed by atoms with E-state index >= 15 is 0 Å². The lowest BCUT2D eigenvalue weighted by atomic mass is 9.97. The first-order valence-corrected chi connectivity index (χ1v) is 7.93. The Morgan fingerprint density at radius 2 is 1.91 bits per heavy atom. The summed E-state index contributed by atoms with van der Waals surface area (Å²) in [5.74, 6) is -0.461. The lowest BCUT2D eigenvalue weighted by Gasteiger charge is -2.21. The Morgan fingerprint density at radius 1 is 1.18 bits per heavy atom. The highest BCUT2D eigenvalue weighted by Gasteiger charge is 2.29. The van der Waals surface area contributed by atoms with Gasteiger partial charge in [-0.25, -0.2) is 9.37 Å². The molecule has 1 heterocycles. The fourth-order valence-corrected chi connectivity index (χ4v) is 3.26. The highest BCUT2D eigenvalue weighted by atomic mass is 35.5. The lowest BCUT2D eigenvalue weighted by Crippen LogP contribution is -2.22. The van der Waals surface area contributed by atoms with Crippen LogP contribution in [-0.2, 0) is 5.60 Å². The Bertz CT molecular complexity index is 801. The van der Waals surface area contributed by atoms with Crippen molar-refractivity contribution >= 4 is 22.9 Å². The zero-order chi connectivity index (χ0) is 15.7. The minimum Gasteiger partial charge on any atom is -0.378 e. The minimum absolute atomic E-state index is 0.0573. The van der Waals surface area contributed by atoms with Crippen LogP contribution in [0.5, 0.6) is 0 Å². The number of nitrogens with zero attached hydrogens (tertiary/aromatic N) is 1. The molecule has 3 aromatic rings. The number of aromatic nitrogens is 1.